The predicted octanol–water partition coefficient (Wildman–Crippen LogP) is 2.88. The van der Waals surface area contributed by atoms with E-state index in [-0.39, 0.29) is 5.91 Å². The summed E-state index contributed by atoms with van der Waals surface area (Å²) >= 11 is 0. The van der Waals surface area contributed by atoms with Crippen molar-refractivity contribution in [3.05, 3.63) is 35.4 Å². The molecule has 3 nitrogen and oxygen atoms in total. The molecule has 1 rings (SSSR count). The lowest BCUT2D eigenvalue weighted by Gasteiger charge is -2.05. The molecule has 0 unspecified atom stereocenters. The van der Waals surface area contributed by atoms with Crippen LogP contribution in [-0.4, -0.2) is 11.6 Å². The Morgan fingerprint density at radius 1 is 1.41 bits per heavy atom. The number of nitrogens with one attached hydrogen (secondary N) is 1. The second kappa shape index (κ2) is 6.18. The summed E-state index contributed by atoms with van der Waals surface area (Å²) in [5, 5.41) is 4.11. The van der Waals surface area contributed by atoms with Crippen LogP contribution < -0.4 is 5.43 Å². The molecule has 0 aromatic heterocycles. The second-order valence-electron chi connectivity index (χ2n) is 4.70. The molecule has 0 aliphatic carbocycles. The van der Waals surface area contributed by atoms with E-state index in [0.29, 0.717) is 12.3 Å². The fourth-order valence-electron chi connectivity index (χ4n) is 1.50. The van der Waals surface area contributed by atoms with Crippen molar-refractivity contribution in [3.8, 4) is 0 Å². The summed E-state index contributed by atoms with van der Waals surface area (Å²) in [6.45, 7) is 7.95. The molecule has 0 fully saturated rings. The third-order valence-corrected chi connectivity index (χ3v) is 2.38. The Morgan fingerprint density at radius 3 is 2.71 bits per heavy atom. The van der Waals surface area contributed by atoms with E-state index in [1.807, 2.05) is 52.0 Å². The summed E-state index contributed by atoms with van der Waals surface area (Å²) in [5.74, 6) is 0.316. The van der Waals surface area contributed by atoms with Crippen LogP contribution in [0.15, 0.2) is 29.4 Å². The zero-order chi connectivity index (χ0) is 12.8. The number of carbonyl (C=O) groups is 1. The smallest absolute Gasteiger partial charge is 0.240 e. The van der Waals surface area contributed by atoms with Gasteiger partial charge in [0, 0.05) is 6.42 Å². The molecule has 0 saturated carbocycles. The van der Waals surface area contributed by atoms with Crippen molar-refractivity contribution in [2.45, 2.75) is 34.1 Å². The van der Waals surface area contributed by atoms with Gasteiger partial charge in [0.2, 0.25) is 5.91 Å². The minimum atomic E-state index is -0.0352. The fraction of sp³-hybridized carbons (Fsp3) is 0.429. The van der Waals surface area contributed by atoms with E-state index >= 15 is 0 Å². The molecule has 1 aromatic carbocycles. The molecule has 0 heterocycles. The van der Waals surface area contributed by atoms with Crippen LogP contribution in [0.5, 0.6) is 0 Å². The van der Waals surface area contributed by atoms with Crippen molar-refractivity contribution in [1.29, 1.82) is 0 Å². The van der Waals surface area contributed by atoms with Crippen molar-refractivity contribution in [1.82, 2.24) is 5.43 Å². The first-order valence-corrected chi connectivity index (χ1v) is 5.89. The third-order valence-electron chi connectivity index (χ3n) is 2.38. The summed E-state index contributed by atoms with van der Waals surface area (Å²) < 4.78 is 0. The minimum absolute atomic E-state index is 0.0352. The second-order valence-corrected chi connectivity index (χ2v) is 4.70. The number of hydrogen-bond acceptors (Lipinski definition) is 2. The standard InChI is InChI=1S/C14H20N2O/c1-10(2)8-14(17)16-15-12(4)13-7-5-6-11(3)9-13/h5-7,9-10H,8H2,1-4H3,(H,16,17). The lowest BCUT2D eigenvalue weighted by Crippen LogP contribution is -2.20. The van der Waals surface area contributed by atoms with Crippen LogP contribution in [0.4, 0.5) is 0 Å². The van der Waals surface area contributed by atoms with Gasteiger partial charge in [0.1, 0.15) is 0 Å². The number of aryl methyl sites for hydroxylation is 1. The van der Waals surface area contributed by atoms with Crippen molar-refractivity contribution in [2.75, 3.05) is 0 Å². The number of amides is 1. The zero-order valence-electron chi connectivity index (χ0n) is 10.9. The van der Waals surface area contributed by atoms with Gasteiger partial charge >= 0.3 is 0 Å². The lowest BCUT2D eigenvalue weighted by molar-refractivity contribution is -0.121. The van der Waals surface area contributed by atoms with Crippen molar-refractivity contribution >= 4 is 11.6 Å². The van der Waals surface area contributed by atoms with Crippen molar-refractivity contribution in [2.24, 2.45) is 11.0 Å². The van der Waals surface area contributed by atoms with E-state index in [4.69, 9.17) is 0 Å². The molecule has 17 heavy (non-hydrogen) atoms. The van der Waals surface area contributed by atoms with Gasteiger partial charge in [0.05, 0.1) is 5.71 Å². The molecule has 0 aliphatic rings. The van der Waals surface area contributed by atoms with Gasteiger partial charge in [-0.1, -0.05) is 43.7 Å². The average Bonchev–Trinajstić information content (AvgIpc) is 2.25. The van der Waals surface area contributed by atoms with E-state index in [9.17, 15) is 4.79 Å². The highest BCUT2D eigenvalue weighted by Gasteiger charge is 2.03. The SMILES string of the molecule is CC(=NNC(=O)CC(C)C)c1cccc(C)c1. The summed E-state index contributed by atoms with van der Waals surface area (Å²) in [7, 11) is 0. The van der Waals surface area contributed by atoms with Gasteiger partial charge in [-0.05, 0) is 25.3 Å². The molecule has 1 amide bonds. The van der Waals surface area contributed by atoms with Gasteiger partial charge in [-0.2, -0.15) is 5.10 Å². The largest absolute Gasteiger partial charge is 0.273 e. The number of nitrogens with zero attached hydrogens (tertiary/aromatic N) is 1. The molecule has 0 radical (unpaired) electrons. The van der Waals surface area contributed by atoms with Gasteiger partial charge < -0.3 is 0 Å². The Labute approximate surface area is 103 Å². The van der Waals surface area contributed by atoms with Gasteiger partial charge in [0.15, 0.2) is 0 Å². The highest BCUT2D eigenvalue weighted by atomic mass is 16.2. The van der Waals surface area contributed by atoms with Crippen LogP contribution in [0.25, 0.3) is 0 Å². The van der Waals surface area contributed by atoms with Crippen LogP contribution in [-0.2, 0) is 4.79 Å². The first-order valence-electron chi connectivity index (χ1n) is 5.89. The summed E-state index contributed by atoms with van der Waals surface area (Å²) in [4.78, 5) is 11.4. The quantitative estimate of drug-likeness (QED) is 0.629. The normalized spacial score (nSPS) is 11.7. The fourth-order valence-corrected chi connectivity index (χ4v) is 1.50. The maximum absolute atomic E-state index is 11.4. The van der Waals surface area contributed by atoms with E-state index in [2.05, 4.69) is 10.5 Å². The highest BCUT2D eigenvalue weighted by Crippen LogP contribution is 2.05. The molecule has 1 aromatic rings. The summed E-state index contributed by atoms with van der Waals surface area (Å²) in [6.07, 6.45) is 0.505. The number of hydrazone groups is 1. The van der Waals surface area contributed by atoms with Gasteiger partial charge in [0.25, 0.3) is 0 Å². The topological polar surface area (TPSA) is 41.5 Å². The van der Waals surface area contributed by atoms with E-state index < -0.39 is 0 Å². The third kappa shape index (κ3) is 4.81. The Hall–Kier alpha value is -1.64. The number of benzene rings is 1. The first-order chi connectivity index (χ1) is 7.99. The predicted molar refractivity (Wildman–Crippen MR) is 71.0 cm³/mol. The van der Waals surface area contributed by atoms with E-state index in [1.165, 1.54) is 5.56 Å². The molecular weight excluding hydrogens is 212 g/mol. The number of carbonyl (C=O) groups excluding carboxylic acids is 1. The minimum Gasteiger partial charge on any atom is -0.273 e. The van der Waals surface area contributed by atoms with Crippen molar-refractivity contribution in [3.63, 3.8) is 0 Å². The highest BCUT2D eigenvalue weighted by molar-refractivity contribution is 5.99. The van der Waals surface area contributed by atoms with E-state index in [0.717, 1.165) is 11.3 Å². The molecule has 0 bridgehead atoms. The molecule has 1 N–H and O–H groups in total. The first kappa shape index (κ1) is 13.4. The van der Waals surface area contributed by atoms with Gasteiger partial charge in [-0.3, -0.25) is 4.79 Å². The maximum atomic E-state index is 11.4. The molecule has 3 heteroatoms. The van der Waals surface area contributed by atoms with Crippen LogP contribution in [0.2, 0.25) is 0 Å². The Balaban J connectivity index is 2.64. The monoisotopic (exact) mass is 232 g/mol. The molecule has 0 spiro atoms. The molecular formula is C14H20N2O. The van der Waals surface area contributed by atoms with Crippen LogP contribution in [0.3, 0.4) is 0 Å². The Morgan fingerprint density at radius 2 is 2.12 bits per heavy atom. The lowest BCUT2D eigenvalue weighted by atomic mass is 10.1. The Bertz CT molecular complexity index is 422. The molecule has 0 saturated heterocycles. The number of rotatable bonds is 4. The van der Waals surface area contributed by atoms with Crippen molar-refractivity contribution < 1.29 is 4.79 Å². The number of hydrogen-bond donors (Lipinski definition) is 1. The zero-order valence-corrected chi connectivity index (χ0v) is 10.9. The van der Waals surface area contributed by atoms with Gasteiger partial charge in [-0.25, -0.2) is 5.43 Å². The average molecular weight is 232 g/mol. The molecule has 0 atom stereocenters. The summed E-state index contributed by atoms with van der Waals surface area (Å²) in [6, 6.07) is 8.06. The van der Waals surface area contributed by atoms with Gasteiger partial charge in [-0.15, -0.1) is 0 Å². The molecule has 92 valence electrons. The van der Waals surface area contributed by atoms with Crippen LogP contribution in [0, 0.1) is 12.8 Å². The van der Waals surface area contributed by atoms with Crippen LogP contribution in [0.1, 0.15) is 38.3 Å². The molecule has 0 aliphatic heterocycles. The van der Waals surface area contributed by atoms with E-state index in [1.54, 1.807) is 0 Å². The van der Waals surface area contributed by atoms with Crippen LogP contribution >= 0.6 is 0 Å². The maximum Gasteiger partial charge on any atom is 0.240 e. The Kier molecular flexibility index (Phi) is 4.88. The summed E-state index contributed by atoms with van der Waals surface area (Å²) in [5.41, 5.74) is 5.63.